The number of hydrogen-bond acceptors (Lipinski definition) is 8. The van der Waals surface area contributed by atoms with Gasteiger partial charge in [0.15, 0.2) is 0 Å². The Balaban J connectivity index is 1.24. The number of carbonyl (C=O) groups is 7. The number of carbonyl (C=O) groups excluding carboxylic acids is 6. The van der Waals surface area contributed by atoms with Crippen LogP contribution >= 0.6 is 11.3 Å². The van der Waals surface area contributed by atoms with E-state index in [-0.39, 0.29) is 51.5 Å². The molecule has 0 radical (unpaired) electrons. The average Bonchev–Trinajstić information content (AvgIpc) is 4.02. The van der Waals surface area contributed by atoms with Gasteiger partial charge in [-0.1, -0.05) is 103 Å². The normalized spacial score (nSPS) is 21.4. The van der Waals surface area contributed by atoms with Crippen molar-refractivity contribution in [3.05, 3.63) is 148 Å². The molecule has 0 spiro atoms. The number of benzene rings is 4. The molecular formula is C49H50N6O8S. The Labute approximate surface area is 374 Å². The maximum absolute atomic E-state index is 14.7. The number of amides is 6. The van der Waals surface area contributed by atoms with E-state index in [9.17, 15) is 38.7 Å². The zero-order valence-electron chi connectivity index (χ0n) is 35.0. The third-order valence-electron chi connectivity index (χ3n) is 11.4. The van der Waals surface area contributed by atoms with Crippen molar-refractivity contribution in [2.45, 2.75) is 81.6 Å². The molecule has 1 aromatic heterocycles. The molecule has 2 bridgehead atoms. The maximum atomic E-state index is 14.7. The molecule has 5 aromatic rings. The highest BCUT2D eigenvalue weighted by Crippen LogP contribution is 2.23. The Morgan fingerprint density at radius 2 is 1.19 bits per heavy atom. The largest absolute Gasteiger partial charge is 0.480 e. The van der Waals surface area contributed by atoms with Crippen molar-refractivity contribution in [1.29, 1.82) is 0 Å². The number of likely N-dealkylation sites (tertiary alicyclic amines) is 1. The van der Waals surface area contributed by atoms with Gasteiger partial charge in [0.2, 0.25) is 35.4 Å². The van der Waals surface area contributed by atoms with Crippen LogP contribution < -0.4 is 26.6 Å². The zero-order chi connectivity index (χ0) is 45.0. The summed E-state index contributed by atoms with van der Waals surface area (Å²) in [7, 11) is 0. The lowest BCUT2D eigenvalue weighted by Gasteiger charge is -2.29. The number of anilines is 1. The number of nitrogens with zero attached hydrogens (tertiary/aromatic N) is 1. The summed E-state index contributed by atoms with van der Waals surface area (Å²) in [6.45, 7) is 0.190. The van der Waals surface area contributed by atoms with E-state index < -0.39 is 71.6 Å². The fourth-order valence-electron chi connectivity index (χ4n) is 7.99. The number of aliphatic carboxylic acids is 1. The van der Waals surface area contributed by atoms with E-state index in [1.807, 2.05) is 78.2 Å². The number of thiophene rings is 1. The molecule has 8 rings (SSSR count). The van der Waals surface area contributed by atoms with Crippen LogP contribution in [0.5, 0.6) is 0 Å². The Morgan fingerprint density at radius 1 is 0.609 bits per heavy atom. The summed E-state index contributed by atoms with van der Waals surface area (Å²) in [5.41, 5.74) is 4.38. The lowest BCUT2D eigenvalue weighted by Crippen LogP contribution is -2.60. The molecule has 0 aliphatic carbocycles. The summed E-state index contributed by atoms with van der Waals surface area (Å²) in [4.78, 5) is 98.5. The molecule has 1 fully saturated rings. The van der Waals surface area contributed by atoms with Gasteiger partial charge < -0.3 is 36.6 Å². The van der Waals surface area contributed by atoms with Crippen LogP contribution in [-0.2, 0) is 59.2 Å². The molecule has 4 aromatic carbocycles. The van der Waals surface area contributed by atoms with Crippen LogP contribution in [0.15, 0.2) is 127 Å². The van der Waals surface area contributed by atoms with Crippen molar-refractivity contribution in [2.24, 2.45) is 0 Å². The van der Waals surface area contributed by atoms with Crippen LogP contribution in [0, 0.1) is 0 Å². The fourth-order valence-corrected chi connectivity index (χ4v) is 8.74. The quantitative estimate of drug-likeness (QED) is 0.117. The van der Waals surface area contributed by atoms with Crippen LogP contribution in [0.1, 0.15) is 47.3 Å². The molecule has 0 saturated carbocycles. The Hall–Kier alpha value is -7.13. The van der Waals surface area contributed by atoms with E-state index >= 15 is 0 Å². The van der Waals surface area contributed by atoms with E-state index in [2.05, 4.69) is 26.6 Å². The van der Waals surface area contributed by atoms with Gasteiger partial charge in [0, 0.05) is 55.6 Å². The lowest BCUT2D eigenvalue weighted by molar-refractivity contribution is -0.149. The van der Waals surface area contributed by atoms with Gasteiger partial charge in [-0.25, -0.2) is 4.79 Å². The predicted octanol–water partition coefficient (Wildman–Crippen LogP) is 4.43. The van der Waals surface area contributed by atoms with Gasteiger partial charge in [0.1, 0.15) is 30.2 Å². The number of hydrogen-bond donors (Lipinski definition) is 6. The molecule has 4 heterocycles. The number of carboxylic acid groups (broad SMARTS) is 1. The molecule has 3 aliphatic heterocycles. The van der Waals surface area contributed by atoms with E-state index in [0.29, 0.717) is 28.8 Å². The molecule has 1 saturated heterocycles. The maximum Gasteiger partial charge on any atom is 0.326 e. The van der Waals surface area contributed by atoms with Gasteiger partial charge in [-0.2, -0.15) is 0 Å². The Morgan fingerprint density at radius 3 is 1.81 bits per heavy atom. The molecule has 15 heteroatoms. The molecular weight excluding hydrogens is 833 g/mol. The fraction of sp³-hybridized carbons (Fsp3) is 0.286. The van der Waals surface area contributed by atoms with Gasteiger partial charge >= 0.3 is 5.97 Å². The van der Waals surface area contributed by atoms with Crippen LogP contribution in [0.25, 0.3) is 11.1 Å². The second kappa shape index (κ2) is 21.3. The number of fused-ring (bicyclic) bond motifs is 18. The molecule has 0 unspecified atom stereocenters. The summed E-state index contributed by atoms with van der Waals surface area (Å²) in [6, 6.07) is 30.7. The first-order valence-electron chi connectivity index (χ1n) is 21.3. The smallest absolute Gasteiger partial charge is 0.326 e. The third-order valence-corrected chi connectivity index (χ3v) is 12.3. The minimum atomic E-state index is -1.26. The van der Waals surface area contributed by atoms with Gasteiger partial charge in [0.25, 0.3) is 0 Å². The molecule has 3 aliphatic rings. The van der Waals surface area contributed by atoms with Gasteiger partial charge in [-0.15, -0.1) is 11.3 Å². The molecule has 5 atom stereocenters. The highest BCUT2D eigenvalue weighted by Gasteiger charge is 2.39. The zero-order valence-corrected chi connectivity index (χ0v) is 35.9. The molecule has 14 nitrogen and oxygen atoms in total. The van der Waals surface area contributed by atoms with Gasteiger partial charge in [-0.3, -0.25) is 28.8 Å². The minimum Gasteiger partial charge on any atom is -0.480 e. The highest BCUT2D eigenvalue weighted by atomic mass is 32.1. The highest BCUT2D eigenvalue weighted by molar-refractivity contribution is 7.09. The summed E-state index contributed by atoms with van der Waals surface area (Å²) in [5.74, 6) is -4.75. The van der Waals surface area contributed by atoms with E-state index in [1.165, 1.54) is 16.2 Å². The van der Waals surface area contributed by atoms with Gasteiger partial charge in [0.05, 0.1) is 0 Å². The second-order valence-corrected chi connectivity index (χ2v) is 17.1. The van der Waals surface area contributed by atoms with Crippen molar-refractivity contribution >= 4 is 58.4 Å². The van der Waals surface area contributed by atoms with Crippen molar-refractivity contribution in [2.75, 3.05) is 11.9 Å². The SMILES string of the molecule is O=C1CCC(=O)N[C@H](Cc2cccs2)C(=O)N[C@@H](Cc2ccc(-c3ccccc3)cc2)C(=O)N[C@H](Cc2ccccc2)C(=O)N[C@H](C(=O)N2CCC[C@H]2C(=O)O)Cc2ccc(cc2)N1. The monoisotopic (exact) mass is 882 g/mol. The summed E-state index contributed by atoms with van der Waals surface area (Å²) >= 11 is 1.40. The Kier molecular flexibility index (Phi) is 14.9. The second-order valence-electron chi connectivity index (χ2n) is 16.0. The lowest BCUT2D eigenvalue weighted by atomic mass is 9.99. The standard InChI is InChI=1S/C49H50N6O8S/c56-43-23-24-44(57)51-40(30-37-13-8-26-64-37)47(60)53-39(28-32-15-19-35(20-16-32)34-11-5-2-6-12-34)45(58)52-38(27-31-9-3-1-4-10-31)46(59)54-41(29-33-17-21-36(50-43)22-18-33)48(61)55-25-7-14-42(55)49(62)63/h1-6,8-13,15-22,26,38-42H,7,14,23-25,27-30H2,(H,50,56)(H,51,57)(H,52,58)(H,53,60)(H,54,59)(H,62,63)/t38-,39+,40-,41+,42+/m1/s1. The van der Waals surface area contributed by atoms with Crippen molar-refractivity contribution in [3.63, 3.8) is 0 Å². The number of nitrogens with one attached hydrogen (secondary N) is 5. The number of carboxylic acids is 1. The first-order valence-corrected chi connectivity index (χ1v) is 22.2. The van der Waals surface area contributed by atoms with Crippen molar-refractivity contribution < 1.29 is 38.7 Å². The van der Waals surface area contributed by atoms with E-state index in [1.54, 1.807) is 48.5 Å². The van der Waals surface area contributed by atoms with E-state index in [0.717, 1.165) is 16.0 Å². The molecule has 330 valence electrons. The van der Waals surface area contributed by atoms with Gasteiger partial charge in [-0.05, 0) is 64.2 Å². The first kappa shape index (κ1) is 44.9. The molecule has 6 amide bonds. The van der Waals surface area contributed by atoms with Crippen LogP contribution in [0.3, 0.4) is 0 Å². The van der Waals surface area contributed by atoms with E-state index in [4.69, 9.17) is 0 Å². The Bertz CT molecular complexity index is 2430. The average molecular weight is 883 g/mol. The minimum absolute atomic E-state index is 0.00856. The van der Waals surface area contributed by atoms with Crippen LogP contribution in [0.4, 0.5) is 5.69 Å². The van der Waals surface area contributed by atoms with Crippen LogP contribution in [0.2, 0.25) is 0 Å². The third kappa shape index (κ3) is 12.1. The summed E-state index contributed by atoms with van der Waals surface area (Å²) in [6.07, 6.45) is 0.438. The molecule has 64 heavy (non-hydrogen) atoms. The summed E-state index contributed by atoms with van der Waals surface area (Å²) < 4.78 is 0. The first-order chi connectivity index (χ1) is 31.0. The van der Waals surface area contributed by atoms with Crippen molar-refractivity contribution in [1.82, 2.24) is 26.2 Å². The van der Waals surface area contributed by atoms with Crippen molar-refractivity contribution in [3.8, 4) is 11.1 Å². The molecule has 6 N–H and O–H groups in total. The topological polar surface area (TPSA) is 203 Å². The predicted molar refractivity (Wildman–Crippen MR) is 242 cm³/mol. The summed E-state index contributed by atoms with van der Waals surface area (Å²) in [5, 5.41) is 26.0. The van der Waals surface area contributed by atoms with Crippen LogP contribution in [-0.4, -0.2) is 88.2 Å². The number of rotatable bonds is 9.